The van der Waals surface area contributed by atoms with E-state index >= 15 is 0 Å². The highest BCUT2D eigenvalue weighted by Gasteiger charge is 2.47. The van der Waals surface area contributed by atoms with Crippen molar-refractivity contribution < 1.29 is 0 Å². The third-order valence-corrected chi connectivity index (χ3v) is 18.8. The van der Waals surface area contributed by atoms with Crippen LogP contribution >= 0.6 is 0 Å². The Hall–Kier alpha value is -7.74. The fourth-order valence-electron chi connectivity index (χ4n) is 14.8. The third kappa shape index (κ3) is 5.71. The minimum absolute atomic E-state index is 0.138. The van der Waals surface area contributed by atoms with Crippen molar-refractivity contribution in [3.05, 3.63) is 232 Å². The van der Waals surface area contributed by atoms with Gasteiger partial charge in [0.05, 0.1) is 0 Å². The van der Waals surface area contributed by atoms with E-state index in [9.17, 15) is 0 Å². The summed E-state index contributed by atoms with van der Waals surface area (Å²) in [6, 6.07) is 70.8. The molecule has 11 aromatic rings. The van der Waals surface area contributed by atoms with Crippen LogP contribution in [0.15, 0.2) is 182 Å². The normalized spacial score (nSPS) is 16.3. The standard InChI is InChI=1S/C73H61N/c1-41(2)42-19-23-51(24-20-42)74(52-25-21-47-35-58-64(39-49(47)31-52)70(3,4)60-29-27-54-56-33-43-15-11-13-17-45(43)37-62(56)72(7,8)68(54)66(58)60)53-26-22-48-36-59-65(40-50(48)32-53)71(5,6)61-30-28-55-57-34-44-16-12-14-18-46(44)38-63(57)73(9,10)69(55)67(59)61/h11-41H,1-10H3. The molecule has 4 aliphatic carbocycles. The van der Waals surface area contributed by atoms with Crippen LogP contribution in [0.5, 0.6) is 0 Å². The predicted molar refractivity (Wildman–Crippen MR) is 315 cm³/mol. The monoisotopic (exact) mass is 951 g/mol. The molecule has 0 aliphatic heterocycles. The lowest BCUT2D eigenvalue weighted by Gasteiger charge is -2.27. The Bertz CT molecular complexity index is 4070. The molecule has 11 aromatic carbocycles. The van der Waals surface area contributed by atoms with E-state index < -0.39 is 0 Å². The van der Waals surface area contributed by atoms with Crippen molar-refractivity contribution >= 4 is 60.2 Å². The Kier molecular flexibility index (Phi) is 8.59. The van der Waals surface area contributed by atoms with Crippen LogP contribution in [0.25, 0.3) is 87.6 Å². The van der Waals surface area contributed by atoms with Crippen molar-refractivity contribution in [1.29, 1.82) is 0 Å². The zero-order chi connectivity index (χ0) is 50.5. The maximum absolute atomic E-state index is 2.52. The van der Waals surface area contributed by atoms with Crippen molar-refractivity contribution in [1.82, 2.24) is 0 Å². The average molecular weight is 952 g/mol. The lowest BCUT2D eigenvalue weighted by Crippen LogP contribution is -2.18. The van der Waals surface area contributed by atoms with Gasteiger partial charge in [-0.1, -0.05) is 166 Å². The molecule has 358 valence electrons. The highest BCUT2D eigenvalue weighted by molar-refractivity contribution is 6.04. The molecule has 15 rings (SSSR count). The number of anilines is 3. The topological polar surface area (TPSA) is 3.24 Å². The van der Waals surface area contributed by atoms with Gasteiger partial charge in [0, 0.05) is 38.7 Å². The van der Waals surface area contributed by atoms with E-state index in [2.05, 4.69) is 256 Å². The van der Waals surface area contributed by atoms with E-state index in [-0.39, 0.29) is 21.7 Å². The first-order valence-electron chi connectivity index (χ1n) is 27.0. The van der Waals surface area contributed by atoms with E-state index in [1.165, 1.54) is 138 Å². The summed E-state index contributed by atoms with van der Waals surface area (Å²) in [4.78, 5) is 2.48. The van der Waals surface area contributed by atoms with Gasteiger partial charge in [0.2, 0.25) is 0 Å². The Morgan fingerprint density at radius 2 is 0.635 bits per heavy atom. The summed E-state index contributed by atoms with van der Waals surface area (Å²) < 4.78 is 0. The molecule has 0 amide bonds. The van der Waals surface area contributed by atoms with Crippen molar-refractivity contribution in [3.63, 3.8) is 0 Å². The predicted octanol–water partition coefficient (Wildman–Crippen LogP) is 20.1. The summed E-state index contributed by atoms with van der Waals surface area (Å²) in [5.41, 5.74) is 26.9. The summed E-state index contributed by atoms with van der Waals surface area (Å²) in [5.74, 6) is 0.448. The molecule has 0 aromatic heterocycles. The van der Waals surface area contributed by atoms with Crippen LogP contribution in [-0.2, 0) is 21.7 Å². The van der Waals surface area contributed by atoms with Crippen LogP contribution in [0.3, 0.4) is 0 Å². The van der Waals surface area contributed by atoms with E-state index in [1.54, 1.807) is 0 Å². The molecule has 0 atom stereocenters. The van der Waals surface area contributed by atoms with Gasteiger partial charge in [-0.3, -0.25) is 0 Å². The molecule has 0 saturated heterocycles. The summed E-state index contributed by atoms with van der Waals surface area (Å²) in [6.45, 7) is 24.1. The number of fused-ring (bicyclic) bond motifs is 18. The Morgan fingerprint density at radius 3 is 1.05 bits per heavy atom. The van der Waals surface area contributed by atoms with Crippen LogP contribution in [0.4, 0.5) is 17.1 Å². The number of rotatable bonds is 4. The molecule has 0 fully saturated rings. The highest BCUT2D eigenvalue weighted by atomic mass is 15.1. The van der Waals surface area contributed by atoms with Crippen molar-refractivity contribution in [2.75, 3.05) is 4.90 Å². The van der Waals surface area contributed by atoms with Gasteiger partial charge in [-0.15, -0.1) is 0 Å². The maximum atomic E-state index is 2.52. The SMILES string of the molecule is CC(C)c1ccc(N(c2ccc3cc4c(cc3c2)C(C)(C)c2ccc3c(c2-4)C(C)(C)c2cc4ccccc4cc2-3)c2ccc3cc4c(cc3c2)C(C)(C)c2ccc3c(c2-4)C(C)(C)c2cc4ccccc4cc2-3)cc1. The van der Waals surface area contributed by atoms with Gasteiger partial charge in [0.1, 0.15) is 0 Å². The molecule has 74 heavy (non-hydrogen) atoms. The fourth-order valence-corrected chi connectivity index (χ4v) is 14.8. The number of nitrogens with zero attached hydrogens (tertiary/aromatic N) is 1. The zero-order valence-electron chi connectivity index (χ0n) is 44.3. The van der Waals surface area contributed by atoms with E-state index in [0.29, 0.717) is 5.92 Å². The second-order valence-corrected chi connectivity index (χ2v) is 24.8. The first-order chi connectivity index (χ1) is 35.5. The summed E-state index contributed by atoms with van der Waals surface area (Å²) in [5, 5.41) is 10.3. The molecular weight excluding hydrogens is 891 g/mol. The highest BCUT2D eigenvalue weighted by Crippen LogP contribution is 2.62. The largest absolute Gasteiger partial charge is 0.310 e. The average Bonchev–Trinajstić information content (AvgIpc) is 3.99. The Labute approximate surface area is 436 Å². The van der Waals surface area contributed by atoms with Crippen LogP contribution in [0, 0.1) is 0 Å². The Morgan fingerprint density at radius 1 is 0.284 bits per heavy atom. The molecule has 0 bridgehead atoms. The summed E-state index contributed by atoms with van der Waals surface area (Å²) >= 11 is 0. The third-order valence-electron chi connectivity index (χ3n) is 18.8. The van der Waals surface area contributed by atoms with Crippen LogP contribution < -0.4 is 4.90 Å². The van der Waals surface area contributed by atoms with Gasteiger partial charge in [0.25, 0.3) is 0 Å². The summed E-state index contributed by atoms with van der Waals surface area (Å²) in [6.07, 6.45) is 0. The van der Waals surface area contributed by atoms with Gasteiger partial charge in [0.15, 0.2) is 0 Å². The molecule has 0 saturated carbocycles. The summed E-state index contributed by atoms with van der Waals surface area (Å²) in [7, 11) is 0. The molecule has 1 nitrogen and oxygen atoms in total. The Balaban J connectivity index is 0.863. The smallest absolute Gasteiger partial charge is 0.0468 e. The van der Waals surface area contributed by atoms with Crippen molar-refractivity contribution in [2.45, 2.75) is 96.8 Å². The van der Waals surface area contributed by atoms with Crippen LogP contribution in [-0.4, -0.2) is 0 Å². The fraction of sp³-hybridized carbons (Fsp3) is 0.205. The molecule has 0 radical (unpaired) electrons. The minimum atomic E-state index is -0.160. The van der Waals surface area contributed by atoms with E-state index in [1.807, 2.05) is 0 Å². The second kappa shape index (κ2) is 14.5. The van der Waals surface area contributed by atoms with E-state index in [4.69, 9.17) is 0 Å². The molecular formula is C73H61N. The quantitative estimate of drug-likeness (QED) is 0.170. The van der Waals surface area contributed by atoms with Crippen LogP contribution in [0.1, 0.15) is 125 Å². The van der Waals surface area contributed by atoms with E-state index in [0.717, 1.165) is 17.1 Å². The number of hydrogen-bond donors (Lipinski definition) is 0. The lowest BCUT2D eigenvalue weighted by atomic mass is 9.77. The van der Waals surface area contributed by atoms with Crippen molar-refractivity contribution in [3.8, 4) is 44.5 Å². The van der Waals surface area contributed by atoms with Gasteiger partial charge >= 0.3 is 0 Å². The number of benzene rings is 11. The molecule has 0 spiro atoms. The van der Waals surface area contributed by atoms with Gasteiger partial charge in [-0.2, -0.15) is 0 Å². The molecule has 1 heteroatoms. The zero-order valence-corrected chi connectivity index (χ0v) is 44.3. The molecule has 0 heterocycles. The lowest BCUT2D eigenvalue weighted by molar-refractivity contribution is 0.648. The first kappa shape index (κ1) is 43.8. The maximum Gasteiger partial charge on any atom is 0.0468 e. The first-order valence-corrected chi connectivity index (χ1v) is 27.0. The van der Waals surface area contributed by atoms with Crippen LogP contribution in [0.2, 0.25) is 0 Å². The van der Waals surface area contributed by atoms with Gasteiger partial charge in [-0.25, -0.2) is 0 Å². The molecule has 4 aliphatic rings. The van der Waals surface area contributed by atoms with Crippen molar-refractivity contribution in [2.24, 2.45) is 0 Å². The van der Waals surface area contributed by atoms with Gasteiger partial charge in [-0.05, 0) is 229 Å². The second-order valence-electron chi connectivity index (χ2n) is 24.8. The minimum Gasteiger partial charge on any atom is -0.310 e. The molecule has 0 N–H and O–H groups in total. The number of hydrogen-bond acceptors (Lipinski definition) is 1. The molecule has 0 unspecified atom stereocenters. The van der Waals surface area contributed by atoms with Gasteiger partial charge < -0.3 is 4.90 Å².